The fourth-order valence-electron chi connectivity index (χ4n) is 1.23. The number of thiophene rings is 1. The van der Waals surface area contributed by atoms with Crippen LogP contribution in [0.15, 0.2) is 20.1 Å². The summed E-state index contributed by atoms with van der Waals surface area (Å²) in [4.78, 5) is 11.2. The van der Waals surface area contributed by atoms with E-state index in [4.69, 9.17) is 0 Å². The second kappa shape index (κ2) is 3.76. The zero-order valence-corrected chi connectivity index (χ0v) is 10.7. The predicted molar refractivity (Wildman–Crippen MR) is 59.3 cm³/mol. The third kappa shape index (κ3) is 1.88. The highest BCUT2D eigenvalue weighted by Gasteiger charge is 2.33. The average Bonchev–Trinajstić information content (AvgIpc) is 2.74. The van der Waals surface area contributed by atoms with E-state index in [1.54, 1.807) is 6.07 Å². The monoisotopic (exact) mass is 310 g/mol. The van der Waals surface area contributed by atoms with E-state index >= 15 is 0 Å². The van der Waals surface area contributed by atoms with Gasteiger partial charge in [-0.25, -0.2) is 17.5 Å². The highest BCUT2D eigenvalue weighted by molar-refractivity contribution is 9.11. The van der Waals surface area contributed by atoms with Crippen LogP contribution >= 0.6 is 27.3 Å². The van der Waals surface area contributed by atoms with Crippen LogP contribution in [0.5, 0.6) is 0 Å². The number of sulfonamides is 1. The molecular formula is C7H7BrN2O3S2. The average molecular weight is 311 g/mol. The van der Waals surface area contributed by atoms with Crippen LogP contribution in [0.4, 0.5) is 4.79 Å². The SMILES string of the molecule is O=C1NCCN1S(=O)(=O)c1ccc(Br)s1. The Balaban J connectivity index is 2.39. The van der Waals surface area contributed by atoms with Gasteiger partial charge in [-0.15, -0.1) is 11.3 Å². The summed E-state index contributed by atoms with van der Waals surface area (Å²) in [7, 11) is -3.66. The minimum Gasteiger partial charge on any atom is -0.335 e. The van der Waals surface area contributed by atoms with Crippen molar-refractivity contribution in [3.63, 3.8) is 0 Å². The zero-order valence-electron chi connectivity index (χ0n) is 7.44. The van der Waals surface area contributed by atoms with E-state index in [1.807, 2.05) is 0 Å². The maximum absolute atomic E-state index is 11.9. The van der Waals surface area contributed by atoms with E-state index in [1.165, 1.54) is 6.07 Å². The number of amides is 2. The fourth-order valence-corrected chi connectivity index (χ4v) is 4.70. The van der Waals surface area contributed by atoms with Crippen LogP contribution in [0, 0.1) is 0 Å². The summed E-state index contributed by atoms with van der Waals surface area (Å²) in [6.07, 6.45) is 0. The molecule has 2 heterocycles. The van der Waals surface area contributed by atoms with Crippen molar-refractivity contribution in [1.82, 2.24) is 9.62 Å². The molecule has 0 spiro atoms. The number of nitrogens with one attached hydrogen (secondary N) is 1. The van der Waals surface area contributed by atoms with Crippen molar-refractivity contribution >= 4 is 43.3 Å². The number of hydrogen-bond donors (Lipinski definition) is 1. The molecule has 0 aromatic carbocycles. The molecule has 1 saturated heterocycles. The lowest BCUT2D eigenvalue weighted by atomic mass is 10.7. The third-order valence-electron chi connectivity index (χ3n) is 1.91. The van der Waals surface area contributed by atoms with E-state index in [-0.39, 0.29) is 10.8 Å². The largest absolute Gasteiger partial charge is 0.335 e. The van der Waals surface area contributed by atoms with Crippen LogP contribution in [0.25, 0.3) is 0 Å². The van der Waals surface area contributed by atoms with Gasteiger partial charge in [0.2, 0.25) is 0 Å². The third-order valence-corrected chi connectivity index (χ3v) is 5.78. The Bertz CT molecular complexity index is 496. The number of halogens is 1. The smallest absolute Gasteiger partial charge is 0.331 e. The first-order valence-electron chi connectivity index (χ1n) is 4.08. The van der Waals surface area contributed by atoms with Gasteiger partial charge in [0.1, 0.15) is 4.21 Å². The quantitative estimate of drug-likeness (QED) is 0.893. The summed E-state index contributed by atoms with van der Waals surface area (Å²) >= 11 is 4.27. The highest BCUT2D eigenvalue weighted by Crippen LogP contribution is 2.28. The van der Waals surface area contributed by atoms with Gasteiger partial charge in [-0.05, 0) is 28.1 Å². The molecule has 0 radical (unpaired) electrons. The summed E-state index contributed by atoms with van der Waals surface area (Å²) in [6.45, 7) is 0.557. The Labute approximate surface area is 99.3 Å². The lowest BCUT2D eigenvalue weighted by Crippen LogP contribution is -2.33. The summed E-state index contributed by atoms with van der Waals surface area (Å²) < 4.78 is 25.6. The van der Waals surface area contributed by atoms with E-state index in [0.29, 0.717) is 6.54 Å². The summed E-state index contributed by atoms with van der Waals surface area (Å²) in [6, 6.07) is 2.57. The lowest BCUT2D eigenvalue weighted by molar-refractivity contribution is 0.236. The van der Waals surface area contributed by atoms with Gasteiger partial charge in [-0.1, -0.05) is 0 Å². The molecule has 8 heteroatoms. The minimum absolute atomic E-state index is 0.173. The molecule has 1 aliphatic rings. The first-order chi connectivity index (χ1) is 7.01. The van der Waals surface area contributed by atoms with Crippen LogP contribution in [0.1, 0.15) is 0 Å². The maximum Gasteiger partial charge on any atom is 0.331 e. The predicted octanol–water partition coefficient (Wildman–Crippen LogP) is 1.22. The van der Waals surface area contributed by atoms with Crippen molar-refractivity contribution in [2.45, 2.75) is 4.21 Å². The van der Waals surface area contributed by atoms with Crippen molar-refractivity contribution in [3.8, 4) is 0 Å². The Morgan fingerprint density at radius 2 is 2.20 bits per heavy atom. The number of urea groups is 1. The van der Waals surface area contributed by atoms with Crippen molar-refractivity contribution in [2.75, 3.05) is 13.1 Å². The second-order valence-corrected chi connectivity index (χ2v) is 7.42. The molecule has 1 aromatic rings. The number of nitrogens with zero attached hydrogens (tertiary/aromatic N) is 1. The van der Waals surface area contributed by atoms with Crippen LogP contribution < -0.4 is 5.32 Å². The van der Waals surface area contributed by atoms with E-state index < -0.39 is 16.1 Å². The van der Waals surface area contributed by atoms with E-state index in [2.05, 4.69) is 21.2 Å². The Morgan fingerprint density at radius 3 is 2.67 bits per heavy atom. The molecule has 0 aliphatic carbocycles. The molecule has 15 heavy (non-hydrogen) atoms. The van der Waals surface area contributed by atoms with Crippen LogP contribution in [-0.2, 0) is 10.0 Å². The molecule has 0 unspecified atom stereocenters. The first kappa shape index (κ1) is 10.9. The van der Waals surface area contributed by atoms with Gasteiger partial charge >= 0.3 is 6.03 Å². The molecule has 0 saturated carbocycles. The van der Waals surface area contributed by atoms with Crippen molar-refractivity contribution < 1.29 is 13.2 Å². The van der Waals surface area contributed by atoms with Gasteiger partial charge in [0.05, 0.1) is 10.3 Å². The van der Waals surface area contributed by atoms with Crippen LogP contribution in [0.3, 0.4) is 0 Å². The maximum atomic E-state index is 11.9. The first-order valence-corrected chi connectivity index (χ1v) is 7.13. The normalized spacial score (nSPS) is 16.9. The topological polar surface area (TPSA) is 66.5 Å². The number of rotatable bonds is 2. The number of hydrogen-bond acceptors (Lipinski definition) is 4. The lowest BCUT2D eigenvalue weighted by Gasteiger charge is -2.12. The molecule has 0 atom stereocenters. The van der Waals surface area contributed by atoms with Gasteiger partial charge in [-0.3, -0.25) is 0 Å². The summed E-state index contributed by atoms with van der Waals surface area (Å²) in [5.74, 6) is 0. The molecule has 1 aromatic heterocycles. The molecule has 1 aliphatic heterocycles. The molecule has 2 rings (SSSR count). The number of carbonyl (C=O) groups excluding carboxylic acids is 1. The molecule has 82 valence electrons. The Morgan fingerprint density at radius 1 is 1.47 bits per heavy atom. The second-order valence-electron chi connectivity index (χ2n) is 2.87. The van der Waals surface area contributed by atoms with Gasteiger partial charge in [0, 0.05) is 6.54 Å². The zero-order chi connectivity index (χ0) is 11.1. The van der Waals surface area contributed by atoms with Crippen LogP contribution in [-0.4, -0.2) is 31.8 Å². The van der Waals surface area contributed by atoms with Crippen molar-refractivity contribution in [2.24, 2.45) is 0 Å². The minimum atomic E-state index is -3.66. The molecule has 0 bridgehead atoms. The van der Waals surface area contributed by atoms with E-state index in [9.17, 15) is 13.2 Å². The molecule has 2 amide bonds. The van der Waals surface area contributed by atoms with Crippen molar-refractivity contribution in [3.05, 3.63) is 15.9 Å². The summed E-state index contributed by atoms with van der Waals surface area (Å²) in [5.41, 5.74) is 0. The number of carbonyl (C=O) groups is 1. The van der Waals surface area contributed by atoms with Gasteiger partial charge < -0.3 is 5.32 Å². The molecular weight excluding hydrogens is 304 g/mol. The standard InChI is InChI=1S/C7H7BrN2O3S2/c8-5-1-2-6(14-5)15(12,13)10-4-3-9-7(10)11/h1-2H,3-4H2,(H,9,11). The Hall–Kier alpha value is -0.600. The molecule has 1 N–H and O–H groups in total. The van der Waals surface area contributed by atoms with E-state index in [0.717, 1.165) is 19.4 Å². The van der Waals surface area contributed by atoms with Gasteiger partial charge in [0.25, 0.3) is 10.0 Å². The molecule has 5 nitrogen and oxygen atoms in total. The Kier molecular flexibility index (Phi) is 2.73. The van der Waals surface area contributed by atoms with Gasteiger partial charge in [-0.2, -0.15) is 0 Å². The van der Waals surface area contributed by atoms with Gasteiger partial charge in [0.15, 0.2) is 0 Å². The fraction of sp³-hybridized carbons (Fsp3) is 0.286. The summed E-state index contributed by atoms with van der Waals surface area (Å²) in [5, 5.41) is 2.45. The highest BCUT2D eigenvalue weighted by atomic mass is 79.9. The van der Waals surface area contributed by atoms with Crippen molar-refractivity contribution in [1.29, 1.82) is 0 Å². The molecule has 1 fully saturated rings. The van der Waals surface area contributed by atoms with Crippen LogP contribution in [0.2, 0.25) is 0 Å².